The van der Waals surface area contributed by atoms with Crippen LogP contribution in [0.2, 0.25) is 0 Å². The molecule has 0 amide bonds. The van der Waals surface area contributed by atoms with E-state index in [4.69, 9.17) is 22.1 Å². The molecule has 32 heavy (non-hydrogen) atoms. The summed E-state index contributed by atoms with van der Waals surface area (Å²) in [6.45, 7) is 5.33. The van der Waals surface area contributed by atoms with Crippen LogP contribution in [0.5, 0.6) is 5.75 Å². The molecule has 4 aromatic rings. The SMILES string of the molecule is COc1ccccc1Cn1c(=O)c2ccccc2n2c(=S)n(CN3CCCC(C)C3)nc12. The highest BCUT2D eigenvalue weighted by Crippen LogP contribution is 2.21. The summed E-state index contributed by atoms with van der Waals surface area (Å²) >= 11 is 5.87. The molecular weight excluding hydrogens is 422 g/mol. The van der Waals surface area contributed by atoms with E-state index < -0.39 is 0 Å². The first-order chi connectivity index (χ1) is 15.6. The van der Waals surface area contributed by atoms with Gasteiger partial charge in [-0.1, -0.05) is 37.3 Å². The van der Waals surface area contributed by atoms with E-state index in [0.29, 0.717) is 35.1 Å². The van der Waals surface area contributed by atoms with Crippen molar-refractivity contribution in [3.8, 4) is 5.75 Å². The molecule has 1 aliphatic rings. The van der Waals surface area contributed by atoms with Gasteiger partial charge in [0, 0.05) is 12.1 Å². The molecule has 0 saturated carbocycles. The zero-order valence-electron chi connectivity index (χ0n) is 18.4. The Morgan fingerprint density at radius 1 is 1.16 bits per heavy atom. The van der Waals surface area contributed by atoms with Gasteiger partial charge in [0.2, 0.25) is 10.5 Å². The largest absolute Gasteiger partial charge is 0.496 e. The second kappa shape index (κ2) is 8.52. The Bertz CT molecular complexity index is 1400. The maximum Gasteiger partial charge on any atom is 0.263 e. The van der Waals surface area contributed by atoms with Crippen LogP contribution in [0.4, 0.5) is 0 Å². The van der Waals surface area contributed by atoms with Crippen LogP contribution in [0.1, 0.15) is 25.3 Å². The van der Waals surface area contributed by atoms with Gasteiger partial charge >= 0.3 is 0 Å². The highest BCUT2D eigenvalue weighted by Gasteiger charge is 2.20. The van der Waals surface area contributed by atoms with Crippen molar-refractivity contribution < 1.29 is 4.74 Å². The van der Waals surface area contributed by atoms with E-state index in [1.54, 1.807) is 11.7 Å². The number of fused-ring (bicyclic) bond motifs is 3. The Hall–Kier alpha value is -2.97. The van der Waals surface area contributed by atoms with Crippen LogP contribution in [0, 0.1) is 10.7 Å². The normalized spacial score (nSPS) is 17.2. The number of nitrogens with zero attached hydrogens (tertiary/aromatic N) is 5. The van der Waals surface area contributed by atoms with Crippen LogP contribution in [0.3, 0.4) is 0 Å². The second-order valence-corrected chi connectivity index (χ2v) is 8.97. The van der Waals surface area contributed by atoms with Crippen molar-refractivity contribution in [3.63, 3.8) is 0 Å². The van der Waals surface area contributed by atoms with Crippen molar-refractivity contribution in [1.29, 1.82) is 0 Å². The van der Waals surface area contributed by atoms with E-state index in [2.05, 4.69) is 11.8 Å². The lowest BCUT2D eigenvalue weighted by Gasteiger charge is -2.30. The molecule has 1 unspecified atom stereocenters. The Morgan fingerprint density at radius 2 is 1.94 bits per heavy atom. The molecule has 1 fully saturated rings. The van der Waals surface area contributed by atoms with Crippen molar-refractivity contribution in [2.75, 3.05) is 20.2 Å². The number of rotatable bonds is 5. The molecule has 3 heterocycles. The number of piperidine rings is 1. The van der Waals surface area contributed by atoms with Crippen molar-refractivity contribution in [3.05, 3.63) is 69.2 Å². The van der Waals surface area contributed by atoms with E-state index in [9.17, 15) is 4.79 Å². The average molecular weight is 450 g/mol. The number of hydrogen-bond donors (Lipinski definition) is 0. The fourth-order valence-corrected chi connectivity index (χ4v) is 4.99. The van der Waals surface area contributed by atoms with Crippen LogP contribution < -0.4 is 10.3 Å². The fourth-order valence-electron chi connectivity index (χ4n) is 4.71. The lowest BCUT2D eigenvalue weighted by Crippen LogP contribution is -2.36. The third-order valence-corrected chi connectivity index (χ3v) is 6.67. The number of hydrogen-bond acceptors (Lipinski definition) is 5. The number of aromatic nitrogens is 4. The molecule has 7 nitrogen and oxygen atoms in total. The Morgan fingerprint density at radius 3 is 2.75 bits per heavy atom. The first kappa shape index (κ1) is 20.9. The molecule has 0 N–H and O–H groups in total. The third kappa shape index (κ3) is 3.63. The van der Waals surface area contributed by atoms with Crippen molar-refractivity contribution >= 4 is 28.9 Å². The van der Waals surface area contributed by atoms with E-state index in [0.717, 1.165) is 29.9 Å². The molecule has 1 saturated heterocycles. The van der Waals surface area contributed by atoms with Crippen LogP contribution in [-0.4, -0.2) is 43.8 Å². The molecule has 8 heteroatoms. The van der Waals surface area contributed by atoms with Crippen LogP contribution in [0.15, 0.2) is 53.3 Å². The zero-order chi connectivity index (χ0) is 22.2. The van der Waals surface area contributed by atoms with Gasteiger partial charge in [-0.2, -0.15) is 0 Å². The summed E-state index contributed by atoms with van der Waals surface area (Å²) in [4.78, 5) is 15.9. The molecule has 2 aromatic heterocycles. The highest BCUT2D eigenvalue weighted by atomic mass is 32.1. The van der Waals surface area contributed by atoms with Gasteiger partial charge in [-0.25, -0.2) is 4.68 Å². The minimum atomic E-state index is -0.0854. The maximum atomic E-state index is 13.5. The van der Waals surface area contributed by atoms with E-state index in [1.807, 2.05) is 57.6 Å². The van der Waals surface area contributed by atoms with Gasteiger partial charge in [0.05, 0.1) is 31.2 Å². The van der Waals surface area contributed by atoms with Crippen molar-refractivity contribution in [2.45, 2.75) is 33.0 Å². The third-order valence-electron chi connectivity index (χ3n) is 6.28. The lowest BCUT2D eigenvalue weighted by molar-refractivity contribution is 0.138. The number of methoxy groups -OCH3 is 1. The predicted molar refractivity (Wildman–Crippen MR) is 128 cm³/mol. The summed E-state index contributed by atoms with van der Waals surface area (Å²) in [5.74, 6) is 1.96. The average Bonchev–Trinajstić information content (AvgIpc) is 3.12. The molecule has 0 spiro atoms. The van der Waals surface area contributed by atoms with Gasteiger partial charge in [0.1, 0.15) is 5.75 Å². The van der Waals surface area contributed by atoms with Gasteiger partial charge in [0.15, 0.2) is 0 Å². The summed E-state index contributed by atoms with van der Waals surface area (Å²) in [5.41, 5.74) is 1.62. The monoisotopic (exact) mass is 449 g/mol. The Balaban J connectivity index is 1.69. The molecule has 0 radical (unpaired) electrons. The van der Waals surface area contributed by atoms with Gasteiger partial charge in [-0.15, -0.1) is 5.10 Å². The minimum Gasteiger partial charge on any atom is -0.496 e. The number of para-hydroxylation sites is 2. The highest BCUT2D eigenvalue weighted by molar-refractivity contribution is 7.71. The molecule has 2 aromatic carbocycles. The number of benzene rings is 2. The summed E-state index contributed by atoms with van der Waals surface area (Å²) in [6, 6.07) is 15.3. The molecule has 1 atom stereocenters. The lowest BCUT2D eigenvalue weighted by atomic mass is 10.0. The molecular formula is C24H27N5O2S. The molecule has 166 valence electrons. The van der Waals surface area contributed by atoms with Gasteiger partial charge in [-0.05, 0) is 55.7 Å². The van der Waals surface area contributed by atoms with Crippen LogP contribution >= 0.6 is 12.2 Å². The quantitative estimate of drug-likeness (QED) is 0.432. The summed E-state index contributed by atoms with van der Waals surface area (Å²) in [7, 11) is 1.64. The van der Waals surface area contributed by atoms with Crippen LogP contribution in [0.25, 0.3) is 16.7 Å². The Kier molecular flexibility index (Phi) is 5.57. The van der Waals surface area contributed by atoms with Crippen molar-refractivity contribution in [2.24, 2.45) is 5.92 Å². The molecule has 1 aliphatic heterocycles. The standard InChI is InChI=1S/C24H27N5O2S/c1-17-8-7-13-26(14-17)16-28-24(32)29-20-11-5-4-10-19(20)22(30)27(23(29)25-28)15-18-9-3-6-12-21(18)31-2/h3-6,9-12,17H,7-8,13-16H2,1-2H3. The summed E-state index contributed by atoms with van der Waals surface area (Å²) < 4.78 is 11.6. The van der Waals surface area contributed by atoms with Gasteiger partial charge < -0.3 is 4.74 Å². The topological polar surface area (TPSA) is 56.7 Å². The maximum absolute atomic E-state index is 13.5. The minimum absolute atomic E-state index is 0.0854. The molecule has 0 aliphatic carbocycles. The second-order valence-electron chi connectivity index (χ2n) is 8.60. The summed E-state index contributed by atoms with van der Waals surface area (Å²) in [5, 5.41) is 5.47. The smallest absolute Gasteiger partial charge is 0.263 e. The van der Waals surface area contributed by atoms with Crippen LogP contribution in [-0.2, 0) is 13.2 Å². The first-order valence-electron chi connectivity index (χ1n) is 11.0. The predicted octanol–water partition coefficient (Wildman–Crippen LogP) is 3.93. The fraction of sp³-hybridized carbons (Fsp3) is 0.375. The van der Waals surface area contributed by atoms with Gasteiger partial charge in [0.25, 0.3) is 5.56 Å². The number of likely N-dealkylation sites (tertiary alicyclic amines) is 1. The van der Waals surface area contributed by atoms with Crippen molar-refractivity contribution in [1.82, 2.24) is 23.6 Å². The van der Waals surface area contributed by atoms with E-state index in [-0.39, 0.29) is 5.56 Å². The molecule has 0 bridgehead atoms. The number of ether oxygens (including phenoxy) is 1. The summed E-state index contributed by atoms with van der Waals surface area (Å²) in [6.07, 6.45) is 2.44. The molecule has 5 rings (SSSR count). The Labute approximate surface area is 191 Å². The zero-order valence-corrected chi connectivity index (χ0v) is 19.2. The van der Waals surface area contributed by atoms with E-state index in [1.165, 1.54) is 12.8 Å². The first-order valence-corrected chi connectivity index (χ1v) is 11.4. The van der Waals surface area contributed by atoms with E-state index >= 15 is 0 Å². The van der Waals surface area contributed by atoms with Gasteiger partial charge in [-0.3, -0.25) is 18.7 Å².